The summed E-state index contributed by atoms with van der Waals surface area (Å²) in [6.07, 6.45) is 0.829. The number of thioether (sulfide) groups is 1. The van der Waals surface area contributed by atoms with Crippen LogP contribution >= 0.6 is 20.2 Å². The molecule has 0 fully saturated rings. The fourth-order valence-corrected chi connectivity index (χ4v) is 6.07. The summed E-state index contributed by atoms with van der Waals surface area (Å²) in [7, 11) is 2.94. The minimum absolute atomic E-state index is 0.138. The van der Waals surface area contributed by atoms with E-state index in [0.717, 1.165) is 6.42 Å². The van der Waals surface area contributed by atoms with Gasteiger partial charge in [-0.05, 0) is 75.9 Å². The van der Waals surface area contributed by atoms with Gasteiger partial charge in [0.25, 0.3) is 0 Å². The second-order valence-corrected chi connectivity index (χ2v) is 11.0. The molecule has 8 heteroatoms. The number of carbonyl (C=O) groups excluding carboxylic acids is 1. The van der Waals surface area contributed by atoms with Crippen LogP contribution in [-0.4, -0.2) is 83.3 Å². The van der Waals surface area contributed by atoms with E-state index in [2.05, 4.69) is 64.7 Å². The predicted octanol–water partition coefficient (Wildman–Crippen LogP) is 4.65. The highest BCUT2D eigenvalue weighted by Crippen LogP contribution is 2.50. The van der Waals surface area contributed by atoms with E-state index in [4.69, 9.17) is 9.26 Å². The first-order valence-corrected chi connectivity index (χ1v) is 12.5. The lowest BCUT2D eigenvalue weighted by atomic mass is 10.3. The van der Waals surface area contributed by atoms with Gasteiger partial charge in [0, 0.05) is 30.8 Å². The molecule has 0 N–H and O–H groups in total. The Kier molecular flexibility index (Phi) is 15.2. The molecule has 0 aromatic heterocycles. The number of ether oxygens (including phenoxy) is 1. The second-order valence-electron chi connectivity index (χ2n) is 8.35. The molecule has 0 amide bonds. The summed E-state index contributed by atoms with van der Waals surface area (Å²) in [5, 5.41) is 0.138. The summed E-state index contributed by atoms with van der Waals surface area (Å²) in [5.74, 6) is 0.412. The van der Waals surface area contributed by atoms with E-state index in [1.807, 2.05) is 19.0 Å². The van der Waals surface area contributed by atoms with E-state index < -0.39 is 8.45 Å². The van der Waals surface area contributed by atoms with Gasteiger partial charge in [0.15, 0.2) is 8.45 Å². The molecule has 0 atom stereocenters. The Labute approximate surface area is 179 Å². The van der Waals surface area contributed by atoms with Gasteiger partial charge in [-0.2, -0.15) is 0 Å². The van der Waals surface area contributed by atoms with Crippen LogP contribution in [0, 0.1) is 0 Å². The first-order chi connectivity index (χ1) is 13.0. The lowest BCUT2D eigenvalue weighted by Crippen LogP contribution is -2.43. The van der Waals surface area contributed by atoms with Crippen molar-refractivity contribution in [3.63, 3.8) is 0 Å². The molecule has 168 valence electrons. The Bertz CT molecular complexity index is 388. The normalized spacial score (nSPS) is 12.9. The monoisotopic (exact) mass is 437 g/mol. The van der Waals surface area contributed by atoms with Crippen molar-refractivity contribution in [2.24, 2.45) is 0 Å². The van der Waals surface area contributed by atoms with Gasteiger partial charge in [-0.15, -0.1) is 0 Å². The van der Waals surface area contributed by atoms with Crippen LogP contribution < -0.4 is 0 Å². The van der Waals surface area contributed by atoms with Crippen LogP contribution in [-0.2, 0) is 14.1 Å². The number of rotatable bonds is 15. The molecule has 0 unspecified atom stereocenters. The fraction of sp³-hybridized carbons (Fsp3) is 0.950. The lowest BCUT2D eigenvalue weighted by molar-refractivity contribution is -0.111. The highest BCUT2D eigenvalue weighted by Gasteiger charge is 2.34. The summed E-state index contributed by atoms with van der Waals surface area (Å²) in [6.45, 7) is 19.6. The van der Waals surface area contributed by atoms with Crippen molar-refractivity contribution in [1.29, 1.82) is 0 Å². The van der Waals surface area contributed by atoms with E-state index in [0.29, 0.717) is 49.9 Å². The van der Waals surface area contributed by atoms with Crippen LogP contribution in [0.3, 0.4) is 0 Å². The molecular formula is C20H44N3O3PS. The molecule has 0 saturated carbocycles. The zero-order valence-electron chi connectivity index (χ0n) is 19.8. The van der Waals surface area contributed by atoms with E-state index in [1.165, 1.54) is 11.8 Å². The Morgan fingerprint density at radius 3 is 1.71 bits per heavy atom. The molecule has 6 nitrogen and oxygen atoms in total. The topological polar surface area (TPSA) is 45.3 Å². The zero-order chi connectivity index (χ0) is 21.9. The molecule has 0 bridgehead atoms. The van der Waals surface area contributed by atoms with Gasteiger partial charge < -0.3 is 14.2 Å². The summed E-state index contributed by atoms with van der Waals surface area (Å²) in [5.41, 5.74) is 0. The number of likely N-dealkylation sites (N-methyl/N-ethyl adjacent to an activating group) is 1. The summed E-state index contributed by atoms with van der Waals surface area (Å²) in [4.78, 5) is 13.5. The van der Waals surface area contributed by atoms with E-state index in [-0.39, 0.29) is 5.12 Å². The maximum absolute atomic E-state index is 11.6. The first-order valence-electron chi connectivity index (χ1n) is 10.4. The van der Waals surface area contributed by atoms with Crippen molar-refractivity contribution in [3.8, 4) is 0 Å². The number of hydrogen-bond donors (Lipinski definition) is 0. The van der Waals surface area contributed by atoms with Crippen LogP contribution in [0.15, 0.2) is 0 Å². The highest BCUT2D eigenvalue weighted by atomic mass is 32.2. The Morgan fingerprint density at radius 1 is 0.857 bits per heavy atom. The van der Waals surface area contributed by atoms with Gasteiger partial charge in [0.05, 0.1) is 19.1 Å². The lowest BCUT2D eigenvalue weighted by Gasteiger charge is -2.45. The molecule has 0 aliphatic heterocycles. The summed E-state index contributed by atoms with van der Waals surface area (Å²) in [6, 6.07) is 1.67. The summed E-state index contributed by atoms with van der Waals surface area (Å²) >= 11 is 1.24. The SMILES string of the molecule is CC(C)N(C(C)C)P(OCCCOCSC(=O)CN(C)C)N(C(C)C)C(C)C. The molecule has 0 heterocycles. The van der Waals surface area contributed by atoms with Crippen molar-refractivity contribution in [3.05, 3.63) is 0 Å². The second kappa shape index (κ2) is 15.1. The molecule has 0 aliphatic rings. The number of nitrogens with zero attached hydrogens (tertiary/aromatic N) is 3. The van der Waals surface area contributed by atoms with E-state index in [1.54, 1.807) is 0 Å². The van der Waals surface area contributed by atoms with Crippen LogP contribution in [0.25, 0.3) is 0 Å². The molecule has 28 heavy (non-hydrogen) atoms. The summed E-state index contributed by atoms with van der Waals surface area (Å²) < 4.78 is 17.0. The van der Waals surface area contributed by atoms with Crippen LogP contribution in [0.2, 0.25) is 0 Å². The van der Waals surface area contributed by atoms with Gasteiger partial charge in [0.1, 0.15) is 0 Å². The van der Waals surface area contributed by atoms with E-state index in [9.17, 15) is 4.79 Å². The van der Waals surface area contributed by atoms with Crippen molar-refractivity contribution >= 4 is 25.3 Å². The molecule has 0 aliphatic carbocycles. The smallest absolute Gasteiger partial charge is 0.205 e. The third-order valence-corrected chi connectivity index (χ3v) is 7.69. The largest absolute Gasteiger partial charge is 0.370 e. The molecule has 0 rings (SSSR count). The van der Waals surface area contributed by atoms with Crippen molar-refractivity contribution in [1.82, 2.24) is 14.2 Å². The van der Waals surface area contributed by atoms with Crippen molar-refractivity contribution < 1.29 is 14.1 Å². The van der Waals surface area contributed by atoms with Gasteiger partial charge in [0.2, 0.25) is 5.12 Å². The molecule has 0 aromatic carbocycles. The first kappa shape index (κ1) is 28.2. The van der Waals surface area contributed by atoms with E-state index >= 15 is 0 Å². The maximum atomic E-state index is 11.6. The maximum Gasteiger partial charge on any atom is 0.205 e. The third-order valence-electron chi connectivity index (χ3n) is 3.90. The number of carbonyl (C=O) groups is 1. The van der Waals surface area contributed by atoms with Crippen molar-refractivity contribution in [2.45, 2.75) is 86.0 Å². The Morgan fingerprint density at radius 2 is 1.32 bits per heavy atom. The molecule has 0 saturated heterocycles. The van der Waals surface area contributed by atoms with Gasteiger partial charge in [-0.3, -0.25) is 4.79 Å². The minimum atomic E-state index is -0.844. The fourth-order valence-electron chi connectivity index (χ4n) is 3.01. The average Bonchev–Trinajstić information content (AvgIpc) is 2.51. The van der Waals surface area contributed by atoms with Crippen LogP contribution in [0.1, 0.15) is 61.8 Å². The van der Waals surface area contributed by atoms with Gasteiger partial charge in [-0.25, -0.2) is 9.34 Å². The zero-order valence-corrected chi connectivity index (χ0v) is 21.5. The molecular weight excluding hydrogens is 393 g/mol. The average molecular weight is 438 g/mol. The van der Waals surface area contributed by atoms with Crippen LogP contribution in [0.5, 0.6) is 0 Å². The molecule has 0 spiro atoms. The Balaban J connectivity index is 4.59. The predicted molar refractivity (Wildman–Crippen MR) is 124 cm³/mol. The number of hydrogen-bond acceptors (Lipinski definition) is 7. The molecule has 0 radical (unpaired) electrons. The van der Waals surface area contributed by atoms with Gasteiger partial charge in [-0.1, -0.05) is 11.8 Å². The highest BCUT2D eigenvalue weighted by molar-refractivity contribution is 8.13. The molecule has 0 aromatic rings. The third kappa shape index (κ3) is 11.4. The standard InChI is InChI=1S/C20H44N3O3PS/c1-16(2)22(17(3)4)27(23(18(5)6)19(7)8)26-13-11-12-25-15-28-20(24)14-21(9)10/h16-19H,11-15H2,1-10H3. The minimum Gasteiger partial charge on any atom is -0.370 e. The Hall–Kier alpha value is 0.250. The van der Waals surface area contributed by atoms with Crippen molar-refractivity contribution in [2.75, 3.05) is 39.8 Å². The van der Waals surface area contributed by atoms with Crippen LogP contribution in [0.4, 0.5) is 0 Å². The van der Waals surface area contributed by atoms with Gasteiger partial charge >= 0.3 is 0 Å². The quantitative estimate of drug-likeness (QED) is 0.210.